The van der Waals surface area contributed by atoms with Crippen LogP contribution in [0.4, 0.5) is 19.0 Å². The van der Waals surface area contributed by atoms with E-state index in [-0.39, 0.29) is 5.92 Å². The first kappa shape index (κ1) is 14.1. The van der Waals surface area contributed by atoms with Crippen molar-refractivity contribution in [3.8, 4) is 0 Å². The van der Waals surface area contributed by atoms with Crippen LogP contribution in [0.1, 0.15) is 5.56 Å². The number of anilines is 1. The zero-order valence-corrected chi connectivity index (χ0v) is 10.3. The van der Waals surface area contributed by atoms with Crippen molar-refractivity contribution in [3.05, 3.63) is 23.9 Å². The van der Waals surface area contributed by atoms with Crippen molar-refractivity contribution in [2.45, 2.75) is 6.18 Å². The fraction of sp³-hybridized carbons (Fsp3) is 0.583. The van der Waals surface area contributed by atoms with Gasteiger partial charge in [-0.1, -0.05) is 0 Å². The van der Waals surface area contributed by atoms with Gasteiger partial charge in [0, 0.05) is 31.7 Å². The minimum atomic E-state index is -4.34. The molecule has 4 nitrogen and oxygen atoms in total. The lowest BCUT2D eigenvalue weighted by atomic mass is 10.1. The molecule has 0 aliphatic carbocycles. The first-order chi connectivity index (χ1) is 9.05. The molecule has 0 aromatic carbocycles. The molecule has 0 unspecified atom stereocenters. The molecule has 0 spiro atoms. The van der Waals surface area contributed by atoms with Gasteiger partial charge in [0.25, 0.3) is 0 Å². The summed E-state index contributed by atoms with van der Waals surface area (Å²) in [7, 11) is 0. The van der Waals surface area contributed by atoms with Crippen LogP contribution in [0.15, 0.2) is 18.3 Å². The van der Waals surface area contributed by atoms with Gasteiger partial charge in [-0.3, -0.25) is 0 Å². The van der Waals surface area contributed by atoms with Gasteiger partial charge in [-0.25, -0.2) is 4.98 Å². The molecule has 2 rings (SSSR count). The normalized spacial score (nSPS) is 20.9. The molecule has 1 atom stereocenters. The van der Waals surface area contributed by atoms with Crippen molar-refractivity contribution >= 4 is 5.82 Å². The van der Waals surface area contributed by atoms with E-state index in [4.69, 9.17) is 4.74 Å². The number of alkyl halides is 3. The van der Waals surface area contributed by atoms with Crippen LogP contribution in [0.2, 0.25) is 0 Å². The largest absolute Gasteiger partial charge is 0.417 e. The smallest absolute Gasteiger partial charge is 0.380 e. The second-order valence-corrected chi connectivity index (χ2v) is 4.46. The number of ether oxygens (including phenoxy) is 1. The first-order valence-corrected chi connectivity index (χ1v) is 6.11. The van der Waals surface area contributed by atoms with E-state index in [0.29, 0.717) is 25.6 Å². The van der Waals surface area contributed by atoms with Gasteiger partial charge in [0.1, 0.15) is 5.82 Å². The molecule has 1 aromatic heterocycles. The van der Waals surface area contributed by atoms with Gasteiger partial charge in [0.2, 0.25) is 0 Å². The van der Waals surface area contributed by atoms with Gasteiger partial charge in [0.05, 0.1) is 18.8 Å². The number of nitrogens with one attached hydrogen (secondary N) is 2. The third kappa shape index (κ3) is 4.36. The number of nitrogens with zero attached hydrogens (tertiary/aromatic N) is 1. The Morgan fingerprint density at radius 2 is 2.26 bits per heavy atom. The number of rotatable bonds is 3. The van der Waals surface area contributed by atoms with Crippen molar-refractivity contribution in [1.29, 1.82) is 0 Å². The van der Waals surface area contributed by atoms with E-state index in [9.17, 15) is 13.2 Å². The molecule has 7 heteroatoms. The second kappa shape index (κ2) is 6.21. The fourth-order valence-electron chi connectivity index (χ4n) is 1.81. The molecule has 1 fully saturated rings. The summed E-state index contributed by atoms with van der Waals surface area (Å²) in [4.78, 5) is 3.76. The standard InChI is InChI=1S/C12H16F3N3O/c13-12(14,15)10-1-2-11(18-7-10)17-6-9-5-16-3-4-19-8-9/h1-2,7,9,16H,3-6,8H2,(H,17,18)/t9-/m0/s1. The van der Waals surface area contributed by atoms with Gasteiger partial charge >= 0.3 is 6.18 Å². The van der Waals surface area contributed by atoms with Gasteiger partial charge in [-0.15, -0.1) is 0 Å². The van der Waals surface area contributed by atoms with Crippen LogP contribution >= 0.6 is 0 Å². The molecule has 2 N–H and O–H groups in total. The van der Waals surface area contributed by atoms with E-state index >= 15 is 0 Å². The SMILES string of the molecule is FC(F)(F)c1ccc(NC[C@@H]2CNCCOC2)nc1. The Labute approximate surface area is 109 Å². The van der Waals surface area contributed by atoms with E-state index in [1.807, 2.05) is 0 Å². The van der Waals surface area contributed by atoms with Gasteiger partial charge in [-0.05, 0) is 12.1 Å². The topological polar surface area (TPSA) is 46.2 Å². The molecule has 2 heterocycles. The van der Waals surface area contributed by atoms with Gasteiger partial charge in [-0.2, -0.15) is 13.2 Å². The average Bonchev–Trinajstić information content (AvgIpc) is 2.64. The quantitative estimate of drug-likeness (QED) is 0.882. The van der Waals surface area contributed by atoms with Crippen LogP contribution < -0.4 is 10.6 Å². The van der Waals surface area contributed by atoms with Crippen LogP contribution in [-0.4, -0.2) is 37.8 Å². The maximum absolute atomic E-state index is 12.4. The van der Waals surface area contributed by atoms with Crippen LogP contribution in [0.3, 0.4) is 0 Å². The average molecular weight is 275 g/mol. The molecule has 0 radical (unpaired) electrons. The summed E-state index contributed by atoms with van der Waals surface area (Å²) in [6, 6.07) is 2.37. The predicted octanol–water partition coefficient (Wildman–Crippen LogP) is 1.75. The Bertz CT molecular complexity index is 386. The lowest BCUT2D eigenvalue weighted by Gasteiger charge is -2.15. The summed E-state index contributed by atoms with van der Waals surface area (Å²) in [5.41, 5.74) is -0.738. The van der Waals surface area contributed by atoms with Crippen molar-refractivity contribution in [1.82, 2.24) is 10.3 Å². The van der Waals surface area contributed by atoms with Crippen molar-refractivity contribution < 1.29 is 17.9 Å². The Hall–Kier alpha value is -1.34. The summed E-state index contributed by atoms with van der Waals surface area (Å²) in [6.45, 7) is 3.60. The van der Waals surface area contributed by atoms with E-state index < -0.39 is 11.7 Å². The van der Waals surface area contributed by atoms with E-state index in [1.54, 1.807) is 0 Å². The highest BCUT2D eigenvalue weighted by Gasteiger charge is 2.30. The maximum Gasteiger partial charge on any atom is 0.417 e. The number of hydrogen-bond donors (Lipinski definition) is 2. The van der Waals surface area contributed by atoms with E-state index in [2.05, 4.69) is 15.6 Å². The third-order valence-electron chi connectivity index (χ3n) is 2.87. The third-order valence-corrected chi connectivity index (χ3v) is 2.87. The highest BCUT2D eigenvalue weighted by Crippen LogP contribution is 2.28. The van der Waals surface area contributed by atoms with Crippen molar-refractivity contribution in [3.63, 3.8) is 0 Å². The Kier molecular flexibility index (Phi) is 4.60. The van der Waals surface area contributed by atoms with Crippen molar-refractivity contribution in [2.75, 3.05) is 38.2 Å². The lowest BCUT2D eigenvalue weighted by molar-refractivity contribution is -0.137. The van der Waals surface area contributed by atoms with Crippen LogP contribution in [0.25, 0.3) is 0 Å². The lowest BCUT2D eigenvalue weighted by Crippen LogP contribution is -2.28. The molecule has 1 saturated heterocycles. The molecule has 0 saturated carbocycles. The summed E-state index contributed by atoms with van der Waals surface area (Å²) in [6.07, 6.45) is -3.51. The Morgan fingerprint density at radius 3 is 2.95 bits per heavy atom. The number of pyridine rings is 1. The molecular formula is C12H16F3N3O. The van der Waals surface area contributed by atoms with Gasteiger partial charge < -0.3 is 15.4 Å². The summed E-state index contributed by atoms with van der Waals surface area (Å²) >= 11 is 0. The zero-order valence-electron chi connectivity index (χ0n) is 10.3. The number of aromatic nitrogens is 1. The monoisotopic (exact) mass is 275 g/mol. The van der Waals surface area contributed by atoms with E-state index in [0.717, 1.165) is 25.4 Å². The first-order valence-electron chi connectivity index (χ1n) is 6.11. The second-order valence-electron chi connectivity index (χ2n) is 4.46. The predicted molar refractivity (Wildman–Crippen MR) is 64.9 cm³/mol. The van der Waals surface area contributed by atoms with Crippen LogP contribution in [-0.2, 0) is 10.9 Å². The molecule has 1 aliphatic rings. The number of hydrogen-bond acceptors (Lipinski definition) is 4. The molecule has 19 heavy (non-hydrogen) atoms. The maximum atomic E-state index is 12.4. The van der Waals surface area contributed by atoms with Crippen LogP contribution in [0, 0.1) is 5.92 Å². The summed E-state index contributed by atoms with van der Waals surface area (Å²) in [5, 5.41) is 6.25. The fourth-order valence-corrected chi connectivity index (χ4v) is 1.81. The van der Waals surface area contributed by atoms with Gasteiger partial charge in [0.15, 0.2) is 0 Å². The number of halogens is 3. The summed E-state index contributed by atoms with van der Waals surface area (Å²) in [5.74, 6) is 0.726. The minimum absolute atomic E-state index is 0.284. The molecule has 1 aliphatic heterocycles. The summed E-state index contributed by atoms with van der Waals surface area (Å²) < 4.78 is 42.5. The molecular weight excluding hydrogens is 259 g/mol. The molecule has 0 bridgehead atoms. The highest BCUT2D eigenvalue weighted by molar-refractivity contribution is 5.36. The highest BCUT2D eigenvalue weighted by atomic mass is 19.4. The molecule has 0 amide bonds. The van der Waals surface area contributed by atoms with Crippen LogP contribution in [0.5, 0.6) is 0 Å². The molecule has 106 valence electrons. The molecule has 1 aromatic rings. The van der Waals surface area contributed by atoms with E-state index in [1.165, 1.54) is 6.07 Å². The Morgan fingerprint density at radius 1 is 1.42 bits per heavy atom. The minimum Gasteiger partial charge on any atom is -0.380 e. The van der Waals surface area contributed by atoms with Crippen molar-refractivity contribution in [2.24, 2.45) is 5.92 Å². The zero-order chi connectivity index (χ0) is 13.7. The Balaban J connectivity index is 1.85.